The van der Waals surface area contributed by atoms with Crippen LogP contribution in [-0.4, -0.2) is 43.3 Å². The highest BCUT2D eigenvalue weighted by molar-refractivity contribution is 7.92. The van der Waals surface area contributed by atoms with Gasteiger partial charge in [0.25, 0.3) is 10.0 Å². The molecular formula is C34H34Cl2FN3O4S. The molecule has 45 heavy (non-hydrogen) atoms. The van der Waals surface area contributed by atoms with Gasteiger partial charge in [0, 0.05) is 28.5 Å². The van der Waals surface area contributed by atoms with E-state index in [9.17, 15) is 22.4 Å². The molecule has 0 fully saturated rings. The van der Waals surface area contributed by atoms with Crippen molar-refractivity contribution >= 4 is 50.7 Å². The Bertz CT molecular complexity index is 1730. The molecule has 0 bridgehead atoms. The van der Waals surface area contributed by atoms with Crippen molar-refractivity contribution in [2.24, 2.45) is 0 Å². The van der Waals surface area contributed by atoms with Crippen LogP contribution in [0.15, 0.2) is 108 Å². The first-order valence-electron chi connectivity index (χ1n) is 14.2. The topological polar surface area (TPSA) is 86.8 Å². The maximum absolute atomic E-state index is 14.5. The Morgan fingerprint density at radius 2 is 1.47 bits per heavy atom. The summed E-state index contributed by atoms with van der Waals surface area (Å²) in [7, 11) is -4.30. The van der Waals surface area contributed by atoms with Crippen molar-refractivity contribution in [3.05, 3.63) is 130 Å². The van der Waals surface area contributed by atoms with Crippen molar-refractivity contribution in [2.45, 2.75) is 50.2 Å². The molecule has 4 aromatic carbocycles. The van der Waals surface area contributed by atoms with Gasteiger partial charge in [-0.3, -0.25) is 13.9 Å². The molecule has 0 radical (unpaired) electrons. The SMILES string of the molecule is CC(C)(C)NC(=O)[C@@H](Cc1ccccc1)N(Cc1ccc(Cl)cc1Cl)C(=O)CN(c1ccc(F)cc1)S(=O)(=O)c1ccccc1. The molecule has 0 unspecified atom stereocenters. The van der Waals surface area contributed by atoms with Crippen LogP contribution < -0.4 is 9.62 Å². The van der Waals surface area contributed by atoms with Gasteiger partial charge in [-0.1, -0.05) is 77.8 Å². The molecule has 236 valence electrons. The Balaban J connectivity index is 1.83. The van der Waals surface area contributed by atoms with Crippen LogP contribution in [-0.2, 0) is 32.6 Å². The molecule has 2 amide bonds. The zero-order valence-electron chi connectivity index (χ0n) is 25.1. The molecule has 0 spiro atoms. The molecule has 0 saturated heterocycles. The highest BCUT2D eigenvalue weighted by Gasteiger charge is 2.36. The van der Waals surface area contributed by atoms with Crippen molar-refractivity contribution in [2.75, 3.05) is 10.8 Å². The summed E-state index contributed by atoms with van der Waals surface area (Å²) in [5, 5.41) is 3.64. The van der Waals surface area contributed by atoms with E-state index in [0.717, 1.165) is 22.0 Å². The Morgan fingerprint density at radius 1 is 0.867 bits per heavy atom. The maximum Gasteiger partial charge on any atom is 0.264 e. The van der Waals surface area contributed by atoms with Crippen molar-refractivity contribution in [3.63, 3.8) is 0 Å². The Morgan fingerprint density at radius 3 is 2.04 bits per heavy atom. The number of hydrogen-bond acceptors (Lipinski definition) is 4. The summed E-state index contributed by atoms with van der Waals surface area (Å²) in [5.74, 6) is -1.67. The summed E-state index contributed by atoms with van der Waals surface area (Å²) < 4.78 is 42.7. The second-order valence-corrected chi connectivity index (χ2v) is 14.2. The van der Waals surface area contributed by atoms with E-state index in [1.54, 1.807) is 30.3 Å². The van der Waals surface area contributed by atoms with Gasteiger partial charge in [-0.25, -0.2) is 12.8 Å². The zero-order valence-corrected chi connectivity index (χ0v) is 27.4. The van der Waals surface area contributed by atoms with Crippen LogP contribution in [0.5, 0.6) is 0 Å². The first-order valence-corrected chi connectivity index (χ1v) is 16.4. The molecule has 7 nitrogen and oxygen atoms in total. The van der Waals surface area contributed by atoms with Crippen LogP contribution in [0.1, 0.15) is 31.9 Å². The number of halogens is 3. The normalized spacial score (nSPS) is 12.3. The fourth-order valence-electron chi connectivity index (χ4n) is 4.70. The largest absolute Gasteiger partial charge is 0.350 e. The van der Waals surface area contributed by atoms with Crippen molar-refractivity contribution in [1.82, 2.24) is 10.2 Å². The number of carbonyl (C=O) groups excluding carboxylic acids is 2. The number of sulfonamides is 1. The van der Waals surface area contributed by atoms with Crippen LogP contribution in [0.2, 0.25) is 10.0 Å². The lowest BCUT2D eigenvalue weighted by atomic mass is 10.0. The lowest BCUT2D eigenvalue weighted by Gasteiger charge is -2.35. The average molecular weight is 671 g/mol. The predicted octanol–water partition coefficient (Wildman–Crippen LogP) is 6.88. The van der Waals surface area contributed by atoms with Crippen LogP contribution in [0, 0.1) is 5.82 Å². The van der Waals surface area contributed by atoms with Gasteiger partial charge in [0.1, 0.15) is 18.4 Å². The first kappa shape index (κ1) is 34.0. The molecular weight excluding hydrogens is 636 g/mol. The molecule has 0 aliphatic heterocycles. The lowest BCUT2D eigenvalue weighted by Crippen LogP contribution is -2.56. The van der Waals surface area contributed by atoms with Crippen LogP contribution >= 0.6 is 23.2 Å². The van der Waals surface area contributed by atoms with Gasteiger partial charge in [0.2, 0.25) is 11.8 Å². The van der Waals surface area contributed by atoms with E-state index in [1.807, 2.05) is 51.1 Å². The predicted molar refractivity (Wildman–Crippen MR) is 176 cm³/mol. The minimum Gasteiger partial charge on any atom is -0.350 e. The zero-order chi connectivity index (χ0) is 32.8. The Labute approximate surface area is 273 Å². The number of benzene rings is 4. The first-order chi connectivity index (χ1) is 21.2. The molecule has 0 aliphatic rings. The summed E-state index contributed by atoms with van der Waals surface area (Å²) >= 11 is 12.7. The second-order valence-electron chi connectivity index (χ2n) is 11.5. The highest BCUT2D eigenvalue weighted by atomic mass is 35.5. The van der Waals surface area contributed by atoms with Crippen molar-refractivity contribution in [3.8, 4) is 0 Å². The lowest BCUT2D eigenvalue weighted by molar-refractivity contribution is -0.140. The van der Waals surface area contributed by atoms with Crippen LogP contribution in [0.25, 0.3) is 0 Å². The number of nitrogens with zero attached hydrogens (tertiary/aromatic N) is 2. The molecule has 0 aliphatic carbocycles. The summed E-state index contributed by atoms with van der Waals surface area (Å²) in [5.41, 5.74) is 0.751. The molecule has 1 N–H and O–H groups in total. The molecule has 4 rings (SSSR count). The molecule has 0 saturated carbocycles. The highest BCUT2D eigenvalue weighted by Crippen LogP contribution is 2.27. The number of amides is 2. The third-order valence-corrected chi connectivity index (χ3v) is 9.22. The standard InChI is InChI=1S/C34H34Cl2FN3O4S/c1-34(2,3)38-33(42)31(20-24-10-6-4-7-11-24)39(22-25-14-15-26(35)21-30(25)36)32(41)23-40(28-18-16-27(37)17-19-28)45(43,44)29-12-8-5-9-13-29/h4-19,21,31H,20,22-23H2,1-3H3,(H,38,42)/t31-/m1/s1. The van der Waals surface area contributed by atoms with Gasteiger partial charge in [-0.2, -0.15) is 0 Å². The van der Waals surface area contributed by atoms with E-state index in [-0.39, 0.29) is 28.6 Å². The summed E-state index contributed by atoms with van der Waals surface area (Å²) in [6.45, 7) is 4.69. The van der Waals surface area contributed by atoms with E-state index in [4.69, 9.17) is 23.2 Å². The van der Waals surface area contributed by atoms with E-state index >= 15 is 0 Å². The van der Waals surface area contributed by atoms with Gasteiger partial charge < -0.3 is 10.2 Å². The summed E-state index contributed by atoms with van der Waals surface area (Å²) in [6.07, 6.45) is 0.141. The van der Waals surface area contributed by atoms with Gasteiger partial charge in [0.15, 0.2) is 0 Å². The van der Waals surface area contributed by atoms with E-state index in [0.29, 0.717) is 10.6 Å². The third-order valence-electron chi connectivity index (χ3n) is 6.85. The molecule has 1 atom stereocenters. The summed E-state index contributed by atoms with van der Waals surface area (Å²) in [4.78, 5) is 29.6. The van der Waals surface area contributed by atoms with Gasteiger partial charge in [-0.05, 0) is 80.4 Å². The maximum atomic E-state index is 14.5. The minimum absolute atomic E-state index is 0.0549. The van der Waals surface area contributed by atoms with E-state index < -0.39 is 45.8 Å². The summed E-state index contributed by atoms with van der Waals surface area (Å²) in [6, 6.07) is 25.4. The molecule has 0 aromatic heterocycles. The monoisotopic (exact) mass is 669 g/mol. The van der Waals surface area contributed by atoms with Crippen LogP contribution in [0.4, 0.5) is 10.1 Å². The van der Waals surface area contributed by atoms with Gasteiger partial charge in [0.05, 0.1) is 10.6 Å². The number of hydrogen-bond donors (Lipinski definition) is 1. The Hall–Kier alpha value is -3.92. The number of rotatable bonds is 11. The Kier molecular flexibility index (Phi) is 10.9. The second kappa shape index (κ2) is 14.5. The van der Waals surface area contributed by atoms with Crippen molar-refractivity contribution in [1.29, 1.82) is 0 Å². The van der Waals surface area contributed by atoms with E-state index in [1.165, 1.54) is 35.2 Å². The van der Waals surface area contributed by atoms with E-state index in [2.05, 4.69) is 5.32 Å². The minimum atomic E-state index is -4.30. The molecule has 0 heterocycles. The number of anilines is 1. The number of carbonyl (C=O) groups is 2. The fraction of sp³-hybridized carbons (Fsp3) is 0.235. The molecule has 11 heteroatoms. The van der Waals surface area contributed by atoms with Gasteiger partial charge >= 0.3 is 0 Å². The third kappa shape index (κ3) is 9.06. The van der Waals surface area contributed by atoms with Gasteiger partial charge in [-0.15, -0.1) is 0 Å². The number of nitrogens with one attached hydrogen (secondary N) is 1. The smallest absolute Gasteiger partial charge is 0.264 e. The average Bonchev–Trinajstić information content (AvgIpc) is 2.99. The quantitative estimate of drug-likeness (QED) is 0.189. The molecule has 4 aromatic rings. The fourth-order valence-corrected chi connectivity index (χ4v) is 6.60. The van der Waals surface area contributed by atoms with Crippen molar-refractivity contribution < 1.29 is 22.4 Å². The van der Waals surface area contributed by atoms with Crippen LogP contribution in [0.3, 0.4) is 0 Å².